The van der Waals surface area contributed by atoms with Crippen LogP contribution < -0.4 is 19.7 Å². The van der Waals surface area contributed by atoms with Crippen LogP contribution >= 0.6 is 11.3 Å². The fourth-order valence-corrected chi connectivity index (χ4v) is 5.41. The number of hydrogen-bond acceptors (Lipinski definition) is 7. The van der Waals surface area contributed by atoms with Gasteiger partial charge >= 0.3 is 6.03 Å². The second kappa shape index (κ2) is 8.55. The Morgan fingerprint density at radius 2 is 1.91 bits per heavy atom. The van der Waals surface area contributed by atoms with E-state index in [4.69, 9.17) is 9.72 Å². The zero-order valence-corrected chi connectivity index (χ0v) is 21.2. The van der Waals surface area contributed by atoms with Crippen molar-refractivity contribution in [3.63, 3.8) is 0 Å². The van der Waals surface area contributed by atoms with Crippen LogP contribution in [0.2, 0.25) is 0 Å². The van der Waals surface area contributed by atoms with Crippen LogP contribution in [0.4, 0.5) is 16.2 Å². The lowest BCUT2D eigenvalue weighted by Gasteiger charge is -2.30. The number of carbonyl (C=O) groups is 2. The molecule has 4 rings (SSSR count). The smallest absolute Gasteiger partial charge is 0.328 e. The first kappa shape index (κ1) is 24.0. The molecule has 0 unspecified atom stereocenters. The number of benzene rings is 2. The molecule has 2 N–H and O–H groups in total. The number of fused-ring (bicyclic) bond motifs is 1. The number of anilines is 2. The largest absolute Gasteiger partial charge is 0.496 e. The third-order valence-electron chi connectivity index (χ3n) is 5.37. The summed E-state index contributed by atoms with van der Waals surface area (Å²) in [4.78, 5) is 30.5. The normalized spacial score (nSPS) is 14.9. The molecule has 11 heteroatoms. The van der Waals surface area contributed by atoms with Crippen molar-refractivity contribution in [3.05, 3.63) is 35.9 Å². The minimum atomic E-state index is -3.40. The minimum absolute atomic E-state index is 0.217. The number of carbonyl (C=O) groups excluding carboxylic acids is 2. The second-order valence-electron chi connectivity index (χ2n) is 9.15. The number of imide groups is 1. The van der Waals surface area contributed by atoms with Gasteiger partial charge in [0.2, 0.25) is 15.9 Å². The predicted molar refractivity (Wildman–Crippen MR) is 134 cm³/mol. The maximum atomic E-state index is 12.6. The molecule has 9 nitrogen and oxygen atoms in total. The van der Waals surface area contributed by atoms with Crippen LogP contribution in [0.3, 0.4) is 0 Å². The number of nitrogens with one attached hydrogen (secondary N) is 2. The Balaban J connectivity index is 1.88. The van der Waals surface area contributed by atoms with E-state index in [9.17, 15) is 18.0 Å². The van der Waals surface area contributed by atoms with Crippen LogP contribution in [0.15, 0.2) is 30.3 Å². The van der Waals surface area contributed by atoms with Crippen LogP contribution in [-0.2, 0) is 20.2 Å². The molecule has 34 heavy (non-hydrogen) atoms. The fourth-order valence-electron chi connectivity index (χ4n) is 3.83. The third-order valence-corrected chi connectivity index (χ3v) is 7.03. The van der Waals surface area contributed by atoms with Gasteiger partial charge in [0, 0.05) is 24.2 Å². The lowest BCUT2D eigenvalue weighted by Crippen LogP contribution is -2.49. The lowest BCUT2D eigenvalue weighted by molar-refractivity contribution is -0.120. The van der Waals surface area contributed by atoms with Gasteiger partial charge in [-0.05, 0) is 35.7 Å². The first-order valence-electron chi connectivity index (χ1n) is 10.6. The van der Waals surface area contributed by atoms with E-state index in [2.05, 4.69) is 30.8 Å². The van der Waals surface area contributed by atoms with E-state index in [-0.39, 0.29) is 24.3 Å². The maximum Gasteiger partial charge on any atom is 0.328 e. The number of amides is 3. The lowest BCUT2D eigenvalue weighted by atomic mass is 9.84. The quantitative estimate of drug-likeness (QED) is 0.543. The highest BCUT2D eigenvalue weighted by molar-refractivity contribution is 7.92. The molecule has 2 heterocycles. The zero-order chi connectivity index (χ0) is 24.8. The molecule has 1 aliphatic heterocycles. The topological polar surface area (TPSA) is 118 Å². The van der Waals surface area contributed by atoms with E-state index in [1.54, 1.807) is 30.2 Å². The van der Waals surface area contributed by atoms with Crippen molar-refractivity contribution in [3.8, 4) is 16.3 Å². The van der Waals surface area contributed by atoms with Crippen LogP contribution in [-0.4, -0.2) is 45.3 Å². The van der Waals surface area contributed by atoms with E-state index in [1.165, 1.54) is 11.3 Å². The molecule has 3 amide bonds. The summed E-state index contributed by atoms with van der Waals surface area (Å²) in [5, 5.41) is 3.04. The molecule has 0 saturated carbocycles. The molecular weight excluding hydrogens is 476 g/mol. The Bertz CT molecular complexity index is 1410. The Morgan fingerprint density at radius 1 is 1.18 bits per heavy atom. The van der Waals surface area contributed by atoms with Gasteiger partial charge in [0.15, 0.2) is 0 Å². The molecule has 1 saturated heterocycles. The van der Waals surface area contributed by atoms with Crippen LogP contribution in [0.1, 0.15) is 32.8 Å². The number of aromatic nitrogens is 1. The summed E-state index contributed by atoms with van der Waals surface area (Å²) in [5.74, 6) is 0.356. The molecule has 0 aliphatic carbocycles. The summed E-state index contributed by atoms with van der Waals surface area (Å²) in [5.41, 5.74) is 3.12. The summed E-state index contributed by atoms with van der Waals surface area (Å²) >= 11 is 1.40. The summed E-state index contributed by atoms with van der Waals surface area (Å²) in [7, 11) is -1.81. The Morgan fingerprint density at radius 3 is 2.53 bits per heavy atom. The summed E-state index contributed by atoms with van der Waals surface area (Å²) in [6.07, 6.45) is 1.32. The summed E-state index contributed by atoms with van der Waals surface area (Å²) in [6, 6.07) is 8.45. The third kappa shape index (κ3) is 4.85. The molecule has 3 aromatic rings. The van der Waals surface area contributed by atoms with Crippen LogP contribution in [0.5, 0.6) is 5.75 Å². The van der Waals surface area contributed by atoms with Gasteiger partial charge in [0.1, 0.15) is 10.8 Å². The number of methoxy groups -OCH3 is 1. The zero-order valence-electron chi connectivity index (χ0n) is 19.6. The molecule has 2 aromatic carbocycles. The number of hydrogen-bond donors (Lipinski definition) is 2. The van der Waals surface area contributed by atoms with E-state index >= 15 is 0 Å². The second-order valence-corrected chi connectivity index (χ2v) is 11.9. The molecule has 0 radical (unpaired) electrons. The average Bonchev–Trinajstić information content (AvgIpc) is 3.14. The number of urea groups is 1. The highest BCUT2D eigenvalue weighted by atomic mass is 32.2. The van der Waals surface area contributed by atoms with Gasteiger partial charge in [-0.25, -0.2) is 18.2 Å². The highest BCUT2D eigenvalue weighted by Gasteiger charge is 2.29. The summed E-state index contributed by atoms with van der Waals surface area (Å²) in [6.45, 7) is 6.44. The first-order valence-corrected chi connectivity index (χ1v) is 13.3. The van der Waals surface area contributed by atoms with Gasteiger partial charge in [-0.1, -0.05) is 20.8 Å². The first-order chi connectivity index (χ1) is 15.9. The number of sulfonamides is 1. The van der Waals surface area contributed by atoms with Crippen molar-refractivity contribution in [1.29, 1.82) is 0 Å². The molecule has 1 aromatic heterocycles. The van der Waals surface area contributed by atoms with Gasteiger partial charge in [-0.15, -0.1) is 11.3 Å². The van der Waals surface area contributed by atoms with E-state index in [0.717, 1.165) is 16.5 Å². The van der Waals surface area contributed by atoms with E-state index in [0.29, 0.717) is 33.2 Å². The predicted octanol–water partition coefficient (Wildman–Crippen LogP) is 4.09. The molecule has 0 atom stereocenters. The molecule has 1 aliphatic rings. The van der Waals surface area contributed by atoms with Gasteiger partial charge in [-0.3, -0.25) is 19.7 Å². The molecule has 0 spiro atoms. The van der Waals surface area contributed by atoms with Crippen molar-refractivity contribution in [2.45, 2.75) is 32.6 Å². The van der Waals surface area contributed by atoms with Crippen molar-refractivity contribution in [2.24, 2.45) is 0 Å². The average molecular weight is 503 g/mol. The van der Waals surface area contributed by atoms with Crippen molar-refractivity contribution in [1.82, 2.24) is 10.3 Å². The van der Waals surface area contributed by atoms with Crippen LogP contribution in [0.25, 0.3) is 20.8 Å². The standard InChI is InChI=1S/C23H26N4O5S2/c1-23(2,3)16-12-14(27-9-8-19(28)25-22(27)29)11-15(20(16)32-4)21-24-17-7-6-13(10-18(17)33-21)26-34(5,30)31/h6-7,10-12,26H,8-9H2,1-5H3,(H,25,28,29). The van der Waals surface area contributed by atoms with Crippen molar-refractivity contribution >= 4 is 54.9 Å². The van der Waals surface area contributed by atoms with Gasteiger partial charge < -0.3 is 4.74 Å². The monoisotopic (exact) mass is 502 g/mol. The highest BCUT2D eigenvalue weighted by Crippen LogP contribution is 2.44. The van der Waals surface area contributed by atoms with E-state index in [1.807, 2.05) is 12.1 Å². The molecule has 1 fully saturated rings. The van der Waals surface area contributed by atoms with E-state index < -0.39 is 16.1 Å². The van der Waals surface area contributed by atoms with Gasteiger partial charge in [0.05, 0.1) is 34.8 Å². The SMILES string of the molecule is COc1c(-c2nc3ccc(NS(C)(=O)=O)cc3s2)cc(N2CCC(=O)NC2=O)cc1C(C)(C)C. The minimum Gasteiger partial charge on any atom is -0.496 e. The van der Waals surface area contributed by atoms with Crippen molar-refractivity contribution < 1.29 is 22.7 Å². The van der Waals surface area contributed by atoms with Gasteiger partial charge in [-0.2, -0.15) is 0 Å². The fraction of sp³-hybridized carbons (Fsp3) is 0.348. The van der Waals surface area contributed by atoms with Gasteiger partial charge in [0.25, 0.3) is 0 Å². The van der Waals surface area contributed by atoms with Crippen LogP contribution in [0, 0.1) is 0 Å². The number of thiazole rings is 1. The summed E-state index contributed by atoms with van der Waals surface area (Å²) < 4.78 is 32.3. The number of rotatable bonds is 5. The Hall–Kier alpha value is -3.18. The number of ether oxygens (including phenoxy) is 1. The Kier molecular flexibility index (Phi) is 6.03. The maximum absolute atomic E-state index is 12.6. The van der Waals surface area contributed by atoms with Crippen molar-refractivity contribution in [2.75, 3.05) is 29.5 Å². The molecule has 0 bridgehead atoms. The number of nitrogens with zero attached hydrogens (tertiary/aromatic N) is 2. The Labute approximate surface area is 202 Å². The molecule has 180 valence electrons. The molecular formula is C23H26N4O5S2.